The molecule has 2 aromatic heterocycles. The third kappa shape index (κ3) is 3.78. The Bertz CT molecular complexity index is 574. The van der Waals surface area contributed by atoms with E-state index >= 15 is 0 Å². The first-order valence-electron chi connectivity index (χ1n) is 5.85. The summed E-state index contributed by atoms with van der Waals surface area (Å²) in [6.07, 6.45) is 0. The van der Waals surface area contributed by atoms with Crippen molar-refractivity contribution < 1.29 is 4.74 Å². The molecular formula is C11H16N6OS2. The highest BCUT2D eigenvalue weighted by Crippen LogP contribution is 2.32. The molecule has 20 heavy (non-hydrogen) atoms. The van der Waals surface area contributed by atoms with Gasteiger partial charge in [-0.05, 0) is 11.8 Å². The highest BCUT2D eigenvalue weighted by atomic mass is 32.2. The molecule has 2 aromatic rings. The molecule has 0 amide bonds. The molecule has 0 bridgehead atoms. The zero-order valence-corrected chi connectivity index (χ0v) is 13.4. The number of hydrogen-bond donors (Lipinski definition) is 1. The average Bonchev–Trinajstić information content (AvgIpc) is 2.87. The normalized spacial score (nSPS) is 10.6. The van der Waals surface area contributed by atoms with Crippen molar-refractivity contribution in [2.45, 2.75) is 16.0 Å². The zero-order valence-electron chi connectivity index (χ0n) is 11.7. The Morgan fingerprint density at radius 1 is 1.35 bits per heavy atom. The van der Waals surface area contributed by atoms with Gasteiger partial charge in [-0.1, -0.05) is 11.3 Å². The van der Waals surface area contributed by atoms with Crippen LogP contribution in [0.25, 0.3) is 0 Å². The maximum atomic E-state index is 5.07. The first-order chi connectivity index (χ1) is 9.62. The molecule has 2 heterocycles. The summed E-state index contributed by atoms with van der Waals surface area (Å²) >= 11 is 2.99. The van der Waals surface area contributed by atoms with Gasteiger partial charge in [0.1, 0.15) is 17.5 Å². The molecule has 2 rings (SSSR count). The summed E-state index contributed by atoms with van der Waals surface area (Å²) < 4.78 is 5.92. The summed E-state index contributed by atoms with van der Waals surface area (Å²) in [6, 6.07) is 1.88. The predicted molar refractivity (Wildman–Crippen MR) is 80.7 cm³/mol. The fourth-order valence-electron chi connectivity index (χ4n) is 1.36. The molecule has 0 radical (unpaired) electrons. The van der Waals surface area contributed by atoms with Crippen molar-refractivity contribution in [3.8, 4) is 0 Å². The highest BCUT2D eigenvalue weighted by Gasteiger charge is 2.10. The lowest BCUT2D eigenvalue weighted by Crippen LogP contribution is -2.07. The smallest absolute Gasteiger partial charge is 0.208 e. The van der Waals surface area contributed by atoms with E-state index in [1.165, 1.54) is 23.1 Å². The van der Waals surface area contributed by atoms with Crippen LogP contribution in [-0.4, -0.2) is 48.4 Å². The first kappa shape index (κ1) is 14.9. The molecular weight excluding hydrogens is 296 g/mol. The summed E-state index contributed by atoms with van der Waals surface area (Å²) in [5.41, 5.74) is 0. The SMILES string of the molecule is CNc1cc(Sc2nnc(N(C)C)s2)nc(COC)n1. The van der Waals surface area contributed by atoms with Crippen molar-refractivity contribution in [2.75, 3.05) is 38.5 Å². The number of hydrogen-bond acceptors (Lipinski definition) is 9. The van der Waals surface area contributed by atoms with E-state index in [2.05, 4.69) is 25.5 Å². The Morgan fingerprint density at radius 3 is 2.75 bits per heavy atom. The molecule has 0 saturated heterocycles. The molecule has 0 aromatic carbocycles. The number of nitrogens with one attached hydrogen (secondary N) is 1. The molecule has 1 N–H and O–H groups in total. The number of anilines is 2. The van der Waals surface area contributed by atoms with Crippen LogP contribution < -0.4 is 10.2 Å². The van der Waals surface area contributed by atoms with Crippen molar-refractivity contribution in [1.82, 2.24) is 20.2 Å². The van der Waals surface area contributed by atoms with Crippen LogP contribution in [0.1, 0.15) is 5.82 Å². The molecule has 0 aliphatic carbocycles. The predicted octanol–water partition coefficient (Wildman–Crippen LogP) is 1.73. The van der Waals surface area contributed by atoms with Gasteiger partial charge in [-0.3, -0.25) is 0 Å². The maximum Gasteiger partial charge on any atom is 0.208 e. The quantitative estimate of drug-likeness (QED) is 0.808. The van der Waals surface area contributed by atoms with Crippen molar-refractivity contribution >= 4 is 34.0 Å². The van der Waals surface area contributed by atoms with Gasteiger partial charge in [0.2, 0.25) is 5.13 Å². The van der Waals surface area contributed by atoms with Crippen LogP contribution in [0.4, 0.5) is 10.9 Å². The van der Waals surface area contributed by atoms with Gasteiger partial charge in [0.15, 0.2) is 10.2 Å². The van der Waals surface area contributed by atoms with Gasteiger partial charge in [-0.25, -0.2) is 9.97 Å². The molecule has 0 aliphatic heterocycles. The molecule has 108 valence electrons. The molecule has 0 atom stereocenters. The highest BCUT2D eigenvalue weighted by molar-refractivity contribution is 8.01. The van der Waals surface area contributed by atoms with Gasteiger partial charge in [-0.15, -0.1) is 10.2 Å². The maximum absolute atomic E-state index is 5.07. The lowest BCUT2D eigenvalue weighted by atomic mass is 10.5. The molecule has 0 spiro atoms. The molecule has 9 heteroatoms. The second-order valence-corrected chi connectivity index (χ2v) is 6.26. The fraction of sp³-hybridized carbons (Fsp3) is 0.455. The monoisotopic (exact) mass is 312 g/mol. The van der Waals surface area contributed by atoms with E-state index in [0.29, 0.717) is 12.4 Å². The average molecular weight is 312 g/mol. The van der Waals surface area contributed by atoms with Crippen molar-refractivity contribution in [3.63, 3.8) is 0 Å². The number of nitrogens with zero attached hydrogens (tertiary/aromatic N) is 5. The molecule has 0 unspecified atom stereocenters. The Kier molecular flexibility index (Phi) is 5.10. The zero-order chi connectivity index (χ0) is 14.5. The lowest BCUT2D eigenvalue weighted by molar-refractivity contribution is 0.177. The molecule has 0 saturated carbocycles. The summed E-state index contributed by atoms with van der Waals surface area (Å²) in [5.74, 6) is 1.39. The van der Waals surface area contributed by atoms with Crippen LogP contribution in [0.5, 0.6) is 0 Å². The van der Waals surface area contributed by atoms with Gasteiger partial charge in [0.25, 0.3) is 0 Å². The summed E-state index contributed by atoms with van der Waals surface area (Å²) in [6.45, 7) is 0.377. The Morgan fingerprint density at radius 2 is 2.15 bits per heavy atom. The van der Waals surface area contributed by atoms with Crippen molar-refractivity contribution in [2.24, 2.45) is 0 Å². The van der Waals surface area contributed by atoms with Crippen LogP contribution in [0.3, 0.4) is 0 Å². The Balaban J connectivity index is 2.20. The standard InChI is InChI=1S/C11H16N6OS2/c1-12-7-5-9(14-8(13-7)6-18-4)19-11-16-15-10(20-11)17(2)3/h5H,6H2,1-4H3,(H,12,13,14). The molecule has 0 fully saturated rings. The van der Waals surface area contributed by atoms with Crippen LogP contribution in [0.15, 0.2) is 15.4 Å². The van der Waals surface area contributed by atoms with Crippen molar-refractivity contribution in [3.05, 3.63) is 11.9 Å². The van der Waals surface area contributed by atoms with Crippen LogP contribution in [0, 0.1) is 0 Å². The van der Waals surface area contributed by atoms with Gasteiger partial charge in [0, 0.05) is 34.3 Å². The minimum atomic E-state index is 0.377. The summed E-state index contributed by atoms with van der Waals surface area (Å²) in [7, 11) is 7.32. The topological polar surface area (TPSA) is 76.1 Å². The van der Waals surface area contributed by atoms with E-state index in [-0.39, 0.29) is 0 Å². The van der Waals surface area contributed by atoms with Gasteiger partial charge in [0.05, 0.1) is 0 Å². The van der Waals surface area contributed by atoms with E-state index in [1.54, 1.807) is 7.11 Å². The van der Waals surface area contributed by atoms with E-state index in [4.69, 9.17) is 4.74 Å². The number of aromatic nitrogens is 4. The van der Waals surface area contributed by atoms with E-state index < -0.39 is 0 Å². The minimum absolute atomic E-state index is 0.377. The summed E-state index contributed by atoms with van der Waals surface area (Å²) in [4.78, 5) is 10.7. The lowest BCUT2D eigenvalue weighted by Gasteiger charge is -2.06. The van der Waals surface area contributed by atoms with Crippen molar-refractivity contribution in [1.29, 1.82) is 0 Å². The second kappa shape index (κ2) is 6.82. The molecule has 7 nitrogen and oxygen atoms in total. The van der Waals surface area contributed by atoms with Gasteiger partial charge in [-0.2, -0.15) is 0 Å². The number of methoxy groups -OCH3 is 1. The number of ether oxygens (including phenoxy) is 1. The summed E-state index contributed by atoms with van der Waals surface area (Å²) in [5, 5.41) is 12.9. The largest absolute Gasteiger partial charge is 0.377 e. The number of rotatable bonds is 6. The van der Waals surface area contributed by atoms with E-state index in [0.717, 1.165) is 20.3 Å². The van der Waals surface area contributed by atoms with Crippen LogP contribution >= 0.6 is 23.1 Å². The Labute approximate surface area is 125 Å². The van der Waals surface area contributed by atoms with E-state index in [9.17, 15) is 0 Å². The van der Waals surface area contributed by atoms with Gasteiger partial charge >= 0.3 is 0 Å². The molecule has 0 aliphatic rings. The second-order valence-electron chi connectivity index (χ2n) is 4.04. The Hall–Kier alpha value is -1.45. The fourth-order valence-corrected chi connectivity index (χ4v) is 3.09. The third-order valence-electron chi connectivity index (χ3n) is 2.25. The van der Waals surface area contributed by atoms with E-state index in [1.807, 2.05) is 32.1 Å². The third-order valence-corrected chi connectivity index (χ3v) is 4.31. The van der Waals surface area contributed by atoms with Crippen LogP contribution in [-0.2, 0) is 11.3 Å². The minimum Gasteiger partial charge on any atom is -0.377 e. The van der Waals surface area contributed by atoms with Gasteiger partial charge < -0.3 is 15.0 Å². The first-order valence-corrected chi connectivity index (χ1v) is 7.49. The van der Waals surface area contributed by atoms with Crippen LogP contribution in [0.2, 0.25) is 0 Å².